The van der Waals surface area contributed by atoms with Crippen LogP contribution in [0.4, 0.5) is 0 Å². The Labute approximate surface area is 82.6 Å². The number of hydrogen-bond acceptors (Lipinski definition) is 4. The van der Waals surface area contributed by atoms with Crippen LogP contribution < -0.4 is 5.73 Å². The standard InChI is InChI=1S/C8H13N3O2S/c9-4-7-3-8(11-10-7)6-1-2-14(12,13)5-6/h3,6H,1-2,4-5,9H2,(H,10,11). The van der Waals surface area contributed by atoms with Gasteiger partial charge < -0.3 is 5.73 Å². The fourth-order valence-corrected chi connectivity index (χ4v) is 3.48. The summed E-state index contributed by atoms with van der Waals surface area (Å²) >= 11 is 0. The van der Waals surface area contributed by atoms with Crippen LogP contribution in [-0.4, -0.2) is 30.1 Å². The molecular weight excluding hydrogens is 202 g/mol. The van der Waals surface area contributed by atoms with Crippen LogP contribution in [0.5, 0.6) is 0 Å². The van der Waals surface area contributed by atoms with Crippen LogP contribution in [-0.2, 0) is 16.4 Å². The lowest BCUT2D eigenvalue weighted by atomic mass is 10.1. The summed E-state index contributed by atoms with van der Waals surface area (Å²) in [6.07, 6.45) is 0.678. The minimum absolute atomic E-state index is 0.0524. The number of hydrogen-bond donors (Lipinski definition) is 2. The van der Waals surface area contributed by atoms with Gasteiger partial charge >= 0.3 is 0 Å². The molecule has 1 aromatic rings. The number of rotatable bonds is 2. The smallest absolute Gasteiger partial charge is 0.151 e. The van der Waals surface area contributed by atoms with Crippen molar-refractivity contribution in [3.63, 3.8) is 0 Å². The minimum atomic E-state index is -2.83. The first-order valence-electron chi connectivity index (χ1n) is 4.55. The van der Waals surface area contributed by atoms with Crippen LogP contribution in [0, 0.1) is 0 Å². The van der Waals surface area contributed by atoms with E-state index in [1.807, 2.05) is 6.07 Å². The summed E-state index contributed by atoms with van der Waals surface area (Å²) in [6.45, 7) is 0.409. The highest BCUT2D eigenvalue weighted by atomic mass is 32.2. The molecule has 1 fully saturated rings. The van der Waals surface area contributed by atoms with E-state index in [0.717, 1.165) is 11.4 Å². The highest BCUT2D eigenvalue weighted by Crippen LogP contribution is 2.27. The predicted octanol–water partition coefficient (Wildman–Crippen LogP) is -0.230. The molecule has 2 heterocycles. The molecule has 0 spiro atoms. The number of sulfone groups is 1. The summed E-state index contributed by atoms with van der Waals surface area (Å²) in [5.74, 6) is 0.557. The summed E-state index contributed by atoms with van der Waals surface area (Å²) in [7, 11) is -2.83. The fourth-order valence-electron chi connectivity index (χ4n) is 1.72. The molecule has 0 aliphatic carbocycles. The molecule has 0 aromatic carbocycles. The van der Waals surface area contributed by atoms with Gasteiger partial charge in [0.05, 0.1) is 17.2 Å². The summed E-state index contributed by atoms with van der Waals surface area (Å²) in [5, 5.41) is 6.85. The van der Waals surface area contributed by atoms with Crippen molar-refractivity contribution in [2.75, 3.05) is 11.5 Å². The molecular formula is C8H13N3O2S. The van der Waals surface area contributed by atoms with Gasteiger partial charge in [0, 0.05) is 18.2 Å². The van der Waals surface area contributed by atoms with E-state index in [9.17, 15) is 8.42 Å². The number of aromatic nitrogens is 2. The van der Waals surface area contributed by atoms with Crippen molar-refractivity contribution in [3.8, 4) is 0 Å². The second-order valence-corrected chi connectivity index (χ2v) is 5.85. The van der Waals surface area contributed by atoms with Crippen molar-refractivity contribution in [1.29, 1.82) is 0 Å². The molecule has 1 aromatic heterocycles. The number of nitrogens with two attached hydrogens (primary N) is 1. The number of nitrogens with zero attached hydrogens (tertiary/aromatic N) is 1. The molecule has 14 heavy (non-hydrogen) atoms. The van der Waals surface area contributed by atoms with E-state index in [4.69, 9.17) is 5.73 Å². The molecule has 0 bridgehead atoms. The van der Waals surface area contributed by atoms with Gasteiger partial charge in [-0.05, 0) is 12.5 Å². The van der Waals surface area contributed by atoms with Crippen LogP contribution >= 0.6 is 0 Å². The number of nitrogens with one attached hydrogen (secondary N) is 1. The maximum atomic E-state index is 11.2. The summed E-state index contributed by atoms with van der Waals surface area (Å²) in [6, 6.07) is 1.85. The fraction of sp³-hybridized carbons (Fsp3) is 0.625. The molecule has 1 unspecified atom stereocenters. The zero-order valence-electron chi connectivity index (χ0n) is 7.73. The monoisotopic (exact) mass is 215 g/mol. The van der Waals surface area contributed by atoms with Gasteiger partial charge in [0.25, 0.3) is 0 Å². The number of aromatic amines is 1. The van der Waals surface area contributed by atoms with Gasteiger partial charge in [-0.1, -0.05) is 0 Å². The van der Waals surface area contributed by atoms with Crippen LogP contribution in [0.1, 0.15) is 23.7 Å². The van der Waals surface area contributed by atoms with Gasteiger partial charge in [-0.25, -0.2) is 8.42 Å². The number of H-pyrrole nitrogens is 1. The molecule has 1 saturated heterocycles. The SMILES string of the molecule is NCc1cc(C2CCS(=O)(=O)C2)n[nH]1. The first-order chi connectivity index (χ1) is 6.61. The molecule has 1 aliphatic heterocycles. The Morgan fingerprint density at radius 2 is 2.43 bits per heavy atom. The van der Waals surface area contributed by atoms with E-state index in [2.05, 4.69) is 10.2 Å². The maximum Gasteiger partial charge on any atom is 0.151 e. The molecule has 1 aliphatic rings. The zero-order valence-corrected chi connectivity index (χ0v) is 8.55. The van der Waals surface area contributed by atoms with Crippen molar-refractivity contribution in [2.24, 2.45) is 5.73 Å². The lowest BCUT2D eigenvalue weighted by Crippen LogP contribution is -2.03. The average Bonchev–Trinajstić information content (AvgIpc) is 2.70. The van der Waals surface area contributed by atoms with Crippen molar-refractivity contribution in [2.45, 2.75) is 18.9 Å². The average molecular weight is 215 g/mol. The van der Waals surface area contributed by atoms with E-state index in [0.29, 0.717) is 13.0 Å². The maximum absolute atomic E-state index is 11.2. The first-order valence-corrected chi connectivity index (χ1v) is 6.37. The van der Waals surface area contributed by atoms with Crippen LogP contribution in [0.3, 0.4) is 0 Å². The normalized spacial score (nSPS) is 25.4. The van der Waals surface area contributed by atoms with Gasteiger partial charge in [-0.2, -0.15) is 5.10 Å². The van der Waals surface area contributed by atoms with Crippen molar-refractivity contribution in [1.82, 2.24) is 10.2 Å². The third-order valence-electron chi connectivity index (χ3n) is 2.52. The van der Waals surface area contributed by atoms with Crippen LogP contribution in [0.25, 0.3) is 0 Å². The van der Waals surface area contributed by atoms with Gasteiger partial charge in [0.15, 0.2) is 9.84 Å². The van der Waals surface area contributed by atoms with Gasteiger partial charge in [-0.3, -0.25) is 5.10 Å². The molecule has 5 nitrogen and oxygen atoms in total. The van der Waals surface area contributed by atoms with Crippen molar-refractivity contribution in [3.05, 3.63) is 17.5 Å². The lowest BCUT2D eigenvalue weighted by molar-refractivity contribution is 0.601. The Balaban J connectivity index is 2.17. The first kappa shape index (κ1) is 9.67. The Kier molecular flexibility index (Phi) is 2.32. The predicted molar refractivity (Wildman–Crippen MR) is 52.5 cm³/mol. The van der Waals surface area contributed by atoms with Crippen LogP contribution in [0.15, 0.2) is 6.07 Å². The minimum Gasteiger partial charge on any atom is -0.325 e. The Bertz CT molecular complexity index is 424. The zero-order chi connectivity index (χ0) is 10.2. The molecule has 2 rings (SSSR count). The quantitative estimate of drug-likeness (QED) is 0.713. The second kappa shape index (κ2) is 3.36. The van der Waals surface area contributed by atoms with Gasteiger partial charge in [0.2, 0.25) is 0 Å². The summed E-state index contributed by atoms with van der Waals surface area (Å²) in [4.78, 5) is 0. The van der Waals surface area contributed by atoms with E-state index in [1.165, 1.54) is 0 Å². The molecule has 0 amide bonds. The van der Waals surface area contributed by atoms with E-state index >= 15 is 0 Å². The third-order valence-corrected chi connectivity index (χ3v) is 4.29. The summed E-state index contributed by atoms with van der Waals surface area (Å²) in [5.41, 5.74) is 7.10. The molecule has 0 radical (unpaired) electrons. The Hall–Kier alpha value is -0.880. The highest BCUT2D eigenvalue weighted by Gasteiger charge is 2.30. The topological polar surface area (TPSA) is 88.8 Å². The van der Waals surface area contributed by atoms with Gasteiger partial charge in [0.1, 0.15) is 0 Å². The molecule has 0 saturated carbocycles. The molecule has 1 atom stereocenters. The largest absolute Gasteiger partial charge is 0.325 e. The van der Waals surface area contributed by atoms with Crippen LogP contribution in [0.2, 0.25) is 0 Å². The Morgan fingerprint density at radius 3 is 2.93 bits per heavy atom. The van der Waals surface area contributed by atoms with E-state index < -0.39 is 9.84 Å². The lowest BCUT2D eigenvalue weighted by Gasteiger charge is -2.00. The highest BCUT2D eigenvalue weighted by molar-refractivity contribution is 7.91. The molecule has 78 valence electrons. The van der Waals surface area contributed by atoms with Gasteiger partial charge in [-0.15, -0.1) is 0 Å². The second-order valence-electron chi connectivity index (χ2n) is 3.62. The van der Waals surface area contributed by atoms with E-state index in [-0.39, 0.29) is 17.4 Å². The summed E-state index contributed by atoms with van der Waals surface area (Å²) < 4.78 is 22.5. The van der Waals surface area contributed by atoms with E-state index in [1.54, 1.807) is 0 Å². The Morgan fingerprint density at radius 1 is 1.64 bits per heavy atom. The molecule has 3 N–H and O–H groups in total. The van der Waals surface area contributed by atoms with Crippen molar-refractivity contribution >= 4 is 9.84 Å². The molecule has 6 heteroatoms. The van der Waals surface area contributed by atoms with Crippen molar-refractivity contribution < 1.29 is 8.42 Å². The third kappa shape index (κ3) is 1.80.